The number of para-hydroxylation sites is 1. The maximum absolute atomic E-state index is 12.4. The number of hydrogen-bond donors (Lipinski definition) is 0. The summed E-state index contributed by atoms with van der Waals surface area (Å²) in [7, 11) is 1.68. The summed E-state index contributed by atoms with van der Waals surface area (Å²) in [4.78, 5) is 24.5. The van der Waals surface area contributed by atoms with Gasteiger partial charge in [-0.05, 0) is 36.4 Å². The van der Waals surface area contributed by atoms with Crippen LogP contribution >= 0.6 is 11.6 Å². The van der Waals surface area contributed by atoms with Gasteiger partial charge in [0.05, 0.1) is 7.05 Å². The molecule has 110 valence electrons. The summed E-state index contributed by atoms with van der Waals surface area (Å²) >= 11 is 5.84. The van der Waals surface area contributed by atoms with Gasteiger partial charge >= 0.3 is 5.56 Å². The first-order chi connectivity index (χ1) is 10.6. The minimum Gasteiger partial charge on any atom is -0.290 e. The van der Waals surface area contributed by atoms with Crippen LogP contribution in [0.4, 0.5) is 0 Å². The zero-order chi connectivity index (χ0) is 15.7. The first kappa shape index (κ1) is 14.5. The molecule has 0 bridgehead atoms. The van der Waals surface area contributed by atoms with Crippen molar-refractivity contribution >= 4 is 28.3 Å². The summed E-state index contributed by atoms with van der Waals surface area (Å²) in [5.74, 6) is -0.0366. The van der Waals surface area contributed by atoms with E-state index in [0.717, 1.165) is 5.52 Å². The van der Waals surface area contributed by atoms with Crippen molar-refractivity contribution in [1.82, 2.24) is 4.57 Å². The van der Waals surface area contributed by atoms with E-state index in [1.54, 1.807) is 48.3 Å². The molecule has 0 fully saturated rings. The number of carbonyl (C=O) groups is 1. The molecule has 3 rings (SSSR count). The van der Waals surface area contributed by atoms with Crippen molar-refractivity contribution in [3.63, 3.8) is 0 Å². The van der Waals surface area contributed by atoms with Gasteiger partial charge in [-0.15, -0.1) is 0 Å². The Kier molecular flexibility index (Phi) is 3.77. The number of fused-ring (bicyclic) bond motifs is 1. The maximum atomic E-state index is 12.4. The molecule has 3 aromatic rings. The van der Waals surface area contributed by atoms with Crippen LogP contribution in [-0.4, -0.2) is 10.4 Å². The molecule has 0 spiro atoms. The Morgan fingerprint density at radius 2 is 1.82 bits per heavy atom. The largest absolute Gasteiger partial charge is 0.344 e. The minimum absolute atomic E-state index is 0.0366. The van der Waals surface area contributed by atoms with Gasteiger partial charge in [0.15, 0.2) is 6.54 Å². The summed E-state index contributed by atoms with van der Waals surface area (Å²) in [5, 5.41) is 1.19. The fourth-order valence-corrected chi connectivity index (χ4v) is 2.55. The van der Waals surface area contributed by atoms with E-state index in [1.807, 2.05) is 18.2 Å². The van der Waals surface area contributed by atoms with Crippen LogP contribution in [0.5, 0.6) is 0 Å². The molecule has 1 heterocycles. The molecular formula is C17H14ClN2O2+. The third kappa shape index (κ3) is 2.65. The molecule has 0 atom stereocenters. The van der Waals surface area contributed by atoms with Gasteiger partial charge in [0.1, 0.15) is 10.9 Å². The molecule has 0 aliphatic heterocycles. The van der Waals surface area contributed by atoms with Crippen molar-refractivity contribution in [3.05, 3.63) is 75.8 Å². The van der Waals surface area contributed by atoms with E-state index >= 15 is 0 Å². The summed E-state index contributed by atoms with van der Waals surface area (Å²) in [6, 6.07) is 14.1. The SMILES string of the molecule is Cn1c[n+](CC(=O)c2ccc(Cl)cc2)c2ccccc2c1=O. The number of aryl methyl sites for hydroxylation is 1. The smallest absolute Gasteiger partial charge is 0.290 e. The fraction of sp³-hybridized carbons (Fsp3) is 0.118. The number of ketones is 1. The summed E-state index contributed by atoms with van der Waals surface area (Å²) in [6.07, 6.45) is 1.65. The fourth-order valence-electron chi connectivity index (χ4n) is 2.43. The quantitative estimate of drug-likeness (QED) is 0.550. The highest BCUT2D eigenvalue weighted by molar-refractivity contribution is 6.30. The van der Waals surface area contributed by atoms with Crippen molar-refractivity contribution in [1.29, 1.82) is 0 Å². The minimum atomic E-state index is -0.0780. The van der Waals surface area contributed by atoms with Crippen molar-refractivity contribution in [3.8, 4) is 0 Å². The lowest BCUT2D eigenvalue weighted by atomic mass is 10.1. The van der Waals surface area contributed by atoms with E-state index < -0.39 is 0 Å². The number of halogens is 1. The number of rotatable bonds is 3. The Balaban J connectivity index is 2.04. The molecular weight excluding hydrogens is 300 g/mol. The second-order valence-electron chi connectivity index (χ2n) is 5.11. The zero-order valence-corrected chi connectivity index (χ0v) is 12.7. The third-order valence-corrected chi connectivity index (χ3v) is 3.81. The number of aromatic nitrogens is 2. The Morgan fingerprint density at radius 1 is 1.14 bits per heavy atom. The van der Waals surface area contributed by atoms with E-state index in [-0.39, 0.29) is 17.9 Å². The van der Waals surface area contributed by atoms with Crippen molar-refractivity contribution in [2.24, 2.45) is 7.05 Å². The van der Waals surface area contributed by atoms with E-state index in [1.165, 1.54) is 4.57 Å². The first-order valence-electron chi connectivity index (χ1n) is 6.83. The monoisotopic (exact) mass is 313 g/mol. The summed E-state index contributed by atoms with van der Waals surface area (Å²) in [6.45, 7) is 0.163. The normalized spacial score (nSPS) is 10.8. The van der Waals surface area contributed by atoms with Gasteiger partial charge in [0.2, 0.25) is 12.1 Å². The van der Waals surface area contributed by atoms with Gasteiger partial charge in [-0.3, -0.25) is 4.79 Å². The van der Waals surface area contributed by atoms with Crippen molar-refractivity contribution in [2.75, 3.05) is 0 Å². The number of hydrogen-bond acceptors (Lipinski definition) is 2. The van der Waals surface area contributed by atoms with Crippen LogP contribution in [0.1, 0.15) is 10.4 Å². The van der Waals surface area contributed by atoms with Crippen LogP contribution in [0.15, 0.2) is 59.7 Å². The number of benzene rings is 2. The molecule has 0 amide bonds. The van der Waals surface area contributed by atoms with E-state index in [4.69, 9.17) is 11.6 Å². The summed E-state index contributed by atoms with van der Waals surface area (Å²) < 4.78 is 3.27. The van der Waals surface area contributed by atoms with E-state index in [0.29, 0.717) is 16.0 Å². The Labute approximate surface area is 132 Å². The van der Waals surface area contributed by atoms with Crippen LogP contribution in [0.3, 0.4) is 0 Å². The molecule has 2 aromatic carbocycles. The van der Waals surface area contributed by atoms with Gasteiger partial charge < -0.3 is 0 Å². The van der Waals surface area contributed by atoms with Crippen LogP contribution in [0.2, 0.25) is 5.02 Å². The average Bonchev–Trinajstić information content (AvgIpc) is 2.53. The number of Topliss-reactive ketones (excluding diaryl/α,β-unsaturated/α-hetero) is 1. The predicted octanol–water partition coefficient (Wildman–Crippen LogP) is 2.36. The molecule has 5 heteroatoms. The van der Waals surface area contributed by atoms with Gasteiger partial charge in [0, 0.05) is 10.6 Å². The number of carbonyl (C=O) groups excluding carboxylic acids is 1. The van der Waals surface area contributed by atoms with Gasteiger partial charge in [-0.1, -0.05) is 23.7 Å². The van der Waals surface area contributed by atoms with E-state index in [9.17, 15) is 9.59 Å². The maximum Gasteiger partial charge on any atom is 0.344 e. The van der Waals surface area contributed by atoms with Crippen molar-refractivity contribution < 1.29 is 9.36 Å². The second kappa shape index (κ2) is 5.73. The van der Waals surface area contributed by atoms with Crippen LogP contribution in [-0.2, 0) is 13.6 Å². The number of nitrogens with zero attached hydrogens (tertiary/aromatic N) is 2. The van der Waals surface area contributed by atoms with Crippen molar-refractivity contribution in [2.45, 2.75) is 6.54 Å². The average molecular weight is 314 g/mol. The molecule has 0 N–H and O–H groups in total. The first-order valence-corrected chi connectivity index (χ1v) is 7.20. The molecule has 22 heavy (non-hydrogen) atoms. The standard InChI is InChI=1S/C17H14ClN2O2/c1-19-11-20(15-5-3-2-4-14(15)17(19)22)10-16(21)12-6-8-13(18)9-7-12/h2-9,11H,10H2,1H3/q+1. The Morgan fingerprint density at radius 3 is 2.55 bits per heavy atom. The molecule has 0 radical (unpaired) electrons. The van der Waals surface area contributed by atoms with Crippen LogP contribution in [0, 0.1) is 0 Å². The van der Waals surface area contributed by atoms with E-state index in [2.05, 4.69) is 0 Å². The van der Waals surface area contributed by atoms with Gasteiger partial charge in [-0.25, -0.2) is 13.9 Å². The molecule has 1 aromatic heterocycles. The molecule has 0 unspecified atom stereocenters. The van der Waals surface area contributed by atoms with Crippen LogP contribution in [0.25, 0.3) is 10.9 Å². The molecule has 0 aliphatic rings. The van der Waals surface area contributed by atoms with Crippen LogP contribution < -0.4 is 10.1 Å². The third-order valence-electron chi connectivity index (χ3n) is 3.56. The Hall–Kier alpha value is -2.46. The molecule has 0 saturated heterocycles. The lowest BCUT2D eigenvalue weighted by molar-refractivity contribution is -0.661. The zero-order valence-electron chi connectivity index (χ0n) is 12.0. The highest BCUT2D eigenvalue weighted by Crippen LogP contribution is 2.10. The highest BCUT2D eigenvalue weighted by atomic mass is 35.5. The lowest BCUT2D eigenvalue weighted by Gasteiger charge is -2.05. The molecule has 4 nitrogen and oxygen atoms in total. The lowest BCUT2D eigenvalue weighted by Crippen LogP contribution is -2.43. The Bertz CT molecular complexity index is 914. The highest BCUT2D eigenvalue weighted by Gasteiger charge is 2.16. The second-order valence-corrected chi connectivity index (χ2v) is 5.54. The molecule has 0 saturated carbocycles. The van der Waals surface area contributed by atoms with Gasteiger partial charge in [-0.2, -0.15) is 0 Å². The van der Waals surface area contributed by atoms with Gasteiger partial charge in [0.25, 0.3) is 0 Å². The predicted molar refractivity (Wildman–Crippen MR) is 85.2 cm³/mol. The summed E-state index contributed by atoms with van der Waals surface area (Å²) in [5.41, 5.74) is 1.26. The molecule has 0 aliphatic carbocycles. The topological polar surface area (TPSA) is 43.0 Å².